The van der Waals surface area contributed by atoms with Crippen molar-refractivity contribution in [2.75, 3.05) is 0 Å². The highest BCUT2D eigenvalue weighted by Crippen LogP contribution is 2.28. The highest BCUT2D eigenvalue weighted by Gasteiger charge is 2.15. The Bertz CT molecular complexity index is 374. The van der Waals surface area contributed by atoms with Crippen LogP contribution in [0.25, 0.3) is 0 Å². The van der Waals surface area contributed by atoms with Gasteiger partial charge in [0.25, 0.3) is 0 Å². The molecule has 1 aromatic rings. The number of nitrogens with two attached hydrogens (primary N) is 1. The van der Waals surface area contributed by atoms with E-state index >= 15 is 0 Å². The Morgan fingerprint density at radius 2 is 2.20 bits per heavy atom. The van der Waals surface area contributed by atoms with E-state index in [0.29, 0.717) is 0 Å². The van der Waals surface area contributed by atoms with Gasteiger partial charge in [0.1, 0.15) is 0 Å². The lowest BCUT2D eigenvalue weighted by molar-refractivity contribution is 0.604. The first-order valence-corrected chi connectivity index (χ1v) is 5.81. The average molecular weight is 241 g/mol. The van der Waals surface area contributed by atoms with E-state index in [1.165, 1.54) is 4.88 Å². The largest absolute Gasteiger partial charge is 0.375 e. The quantitative estimate of drug-likeness (QED) is 0.474. The lowest BCUT2D eigenvalue weighted by atomic mass is 9.95. The molecule has 0 atom stereocenters. The second kappa shape index (κ2) is 4.72. The van der Waals surface area contributed by atoms with Crippen molar-refractivity contribution in [3.8, 4) is 0 Å². The van der Waals surface area contributed by atoms with Gasteiger partial charge >= 0.3 is 0 Å². The van der Waals surface area contributed by atoms with Crippen molar-refractivity contribution in [1.82, 2.24) is 5.43 Å². The fourth-order valence-electron chi connectivity index (χ4n) is 0.985. The molecule has 0 bridgehead atoms. The smallest absolute Gasteiger partial charge is 0.184 e. The first-order valence-electron chi connectivity index (χ1n) is 4.58. The molecule has 0 unspecified atom stereocenters. The molecule has 0 radical (unpaired) electrons. The van der Waals surface area contributed by atoms with Crippen LogP contribution in [0.1, 0.15) is 30.5 Å². The predicted octanol–water partition coefficient (Wildman–Crippen LogP) is 2.21. The van der Waals surface area contributed by atoms with Gasteiger partial charge in [0.05, 0.1) is 6.21 Å². The molecule has 0 spiro atoms. The molecule has 5 heteroatoms. The van der Waals surface area contributed by atoms with E-state index < -0.39 is 0 Å². The van der Waals surface area contributed by atoms with E-state index in [0.717, 1.165) is 4.88 Å². The number of nitrogens with zero attached hydrogens (tertiary/aromatic N) is 1. The van der Waals surface area contributed by atoms with Gasteiger partial charge in [0.15, 0.2) is 5.11 Å². The van der Waals surface area contributed by atoms with Crippen LogP contribution >= 0.6 is 23.6 Å². The molecule has 0 aliphatic heterocycles. The predicted molar refractivity (Wildman–Crippen MR) is 70.5 cm³/mol. The highest BCUT2D eigenvalue weighted by molar-refractivity contribution is 7.80. The maximum absolute atomic E-state index is 5.24. The Morgan fingerprint density at radius 3 is 2.67 bits per heavy atom. The van der Waals surface area contributed by atoms with Crippen LogP contribution in [0.5, 0.6) is 0 Å². The fourth-order valence-corrected chi connectivity index (χ4v) is 1.98. The van der Waals surface area contributed by atoms with E-state index in [1.54, 1.807) is 17.6 Å². The third-order valence-electron chi connectivity index (χ3n) is 1.73. The van der Waals surface area contributed by atoms with Gasteiger partial charge in [-0.05, 0) is 29.8 Å². The van der Waals surface area contributed by atoms with Crippen molar-refractivity contribution >= 4 is 34.9 Å². The first-order chi connectivity index (χ1) is 6.89. The Morgan fingerprint density at radius 1 is 1.53 bits per heavy atom. The van der Waals surface area contributed by atoms with Crippen LogP contribution in [0.2, 0.25) is 0 Å². The monoisotopic (exact) mass is 241 g/mol. The summed E-state index contributed by atoms with van der Waals surface area (Å²) in [6.45, 7) is 6.56. The third-order valence-corrected chi connectivity index (χ3v) is 3.27. The van der Waals surface area contributed by atoms with E-state index in [4.69, 9.17) is 5.73 Å². The average Bonchev–Trinajstić information content (AvgIpc) is 2.51. The summed E-state index contributed by atoms with van der Waals surface area (Å²) in [7, 11) is 0. The molecule has 0 aromatic carbocycles. The van der Waals surface area contributed by atoms with E-state index in [2.05, 4.69) is 49.6 Å². The Labute approximate surface area is 99.4 Å². The molecule has 3 nitrogen and oxygen atoms in total. The first kappa shape index (κ1) is 12.1. The molecular weight excluding hydrogens is 226 g/mol. The van der Waals surface area contributed by atoms with Crippen LogP contribution in [0.4, 0.5) is 0 Å². The minimum absolute atomic E-state index is 0.179. The summed E-state index contributed by atoms with van der Waals surface area (Å²) in [5.41, 5.74) is 7.96. The normalized spacial score (nSPS) is 11.9. The molecule has 1 aromatic heterocycles. The van der Waals surface area contributed by atoms with Crippen LogP contribution in [0.15, 0.2) is 17.2 Å². The summed E-state index contributed by atoms with van der Waals surface area (Å²) in [6, 6.07) is 4.16. The zero-order chi connectivity index (χ0) is 11.5. The Hall–Kier alpha value is -0.940. The zero-order valence-electron chi connectivity index (χ0n) is 9.07. The molecule has 0 fully saturated rings. The summed E-state index contributed by atoms with van der Waals surface area (Å²) in [5, 5.41) is 4.09. The maximum Gasteiger partial charge on any atom is 0.184 e. The second-order valence-electron chi connectivity index (χ2n) is 4.19. The van der Waals surface area contributed by atoms with Gasteiger partial charge in [-0.2, -0.15) is 5.10 Å². The zero-order valence-corrected chi connectivity index (χ0v) is 10.7. The summed E-state index contributed by atoms with van der Waals surface area (Å²) in [6.07, 6.45) is 1.72. The van der Waals surface area contributed by atoms with Crippen LogP contribution in [0, 0.1) is 0 Å². The van der Waals surface area contributed by atoms with Crippen molar-refractivity contribution in [2.45, 2.75) is 26.2 Å². The summed E-state index contributed by atoms with van der Waals surface area (Å²) >= 11 is 6.35. The summed E-state index contributed by atoms with van der Waals surface area (Å²) < 4.78 is 0. The van der Waals surface area contributed by atoms with Crippen molar-refractivity contribution in [1.29, 1.82) is 0 Å². The molecule has 0 amide bonds. The van der Waals surface area contributed by atoms with Gasteiger partial charge in [-0.25, -0.2) is 0 Å². The minimum Gasteiger partial charge on any atom is -0.375 e. The number of nitrogens with one attached hydrogen (secondary N) is 1. The summed E-state index contributed by atoms with van der Waals surface area (Å²) in [4.78, 5) is 2.42. The van der Waals surface area contributed by atoms with Crippen molar-refractivity contribution in [3.05, 3.63) is 21.9 Å². The van der Waals surface area contributed by atoms with Crippen LogP contribution in [-0.4, -0.2) is 11.3 Å². The van der Waals surface area contributed by atoms with Gasteiger partial charge in [0.2, 0.25) is 0 Å². The number of rotatable bonds is 2. The number of hydrogen-bond acceptors (Lipinski definition) is 3. The standard InChI is InChI=1S/C10H15N3S2/c1-10(2,3)8-5-4-7(15-8)6-12-13-9(11)14/h4-6H,1-3H3,(H3,11,13,14)/b12-6+. The number of thiocarbonyl (C=S) groups is 1. The lowest BCUT2D eigenvalue weighted by Crippen LogP contribution is -2.23. The molecule has 1 heterocycles. The van der Waals surface area contributed by atoms with Crippen LogP contribution < -0.4 is 11.2 Å². The van der Waals surface area contributed by atoms with Gasteiger partial charge in [-0.15, -0.1) is 11.3 Å². The maximum atomic E-state index is 5.24. The van der Waals surface area contributed by atoms with Gasteiger partial charge in [-0.1, -0.05) is 20.8 Å². The number of thiophene rings is 1. The van der Waals surface area contributed by atoms with Gasteiger partial charge in [0, 0.05) is 9.75 Å². The molecule has 3 N–H and O–H groups in total. The minimum atomic E-state index is 0.179. The second-order valence-corrected chi connectivity index (χ2v) is 5.74. The van der Waals surface area contributed by atoms with E-state index in [1.807, 2.05) is 6.07 Å². The third kappa shape index (κ3) is 3.97. The Kier molecular flexibility index (Phi) is 3.82. The van der Waals surface area contributed by atoms with Crippen LogP contribution in [-0.2, 0) is 5.41 Å². The fraction of sp³-hybridized carbons (Fsp3) is 0.400. The topological polar surface area (TPSA) is 50.4 Å². The van der Waals surface area contributed by atoms with Crippen molar-refractivity contribution in [2.24, 2.45) is 10.8 Å². The van der Waals surface area contributed by atoms with Crippen molar-refractivity contribution in [3.63, 3.8) is 0 Å². The number of hydrogen-bond donors (Lipinski definition) is 2. The number of hydrazone groups is 1. The molecule has 0 aliphatic rings. The Balaban J connectivity index is 2.69. The lowest BCUT2D eigenvalue weighted by Gasteiger charge is -2.14. The molecule has 15 heavy (non-hydrogen) atoms. The molecule has 0 saturated carbocycles. The highest BCUT2D eigenvalue weighted by atomic mass is 32.1. The molecule has 0 saturated heterocycles. The molecule has 82 valence electrons. The van der Waals surface area contributed by atoms with Gasteiger partial charge in [-0.3, -0.25) is 5.43 Å². The summed E-state index contributed by atoms with van der Waals surface area (Å²) in [5.74, 6) is 0. The molecular formula is C10H15N3S2. The SMILES string of the molecule is CC(C)(C)c1ccc(/C=N/NC(N)=S)s1. The van der Waals surface area contributed by atoms with Gasteiger partial charge < -0.3 is 5.73 Å². The van der Waals surface area contributed by atoms with E-state index in [-0.39, 0.29) is 10.5 Å². The van der Waals surface area contributed by atoms with Crippen LogP contribution in [0.3, 0.4) is 0 Å². The molecule has 1 rings (SSSR count). The molecule has 0 aliphatic carbocycles. The van der Waals surface area contributed by atoms with E-state index in [9.17, 15) is 0 Å². The van der Waals surface area contributed by atoms with Crippen molar-refractivity contribution < 1.29 is 0 Å².